The number of anilines is 1. The van der Waals surface area contributed by atoms with Crippen molar-refractivity contribution in [1.82, 2.24) is 14.8 Å². The van der Waals surface area contributed by atoms with Crippen molar-refractivity contribution in [3.63, 3.8) is 0 Å². The Kier molecular flexibility index (Phi) is 5.07. The molecule has 0 bridgehead atoms. The van der Waals surface area contributed by atoms with Gasteiger partial charge in [0.1, 0.15) is 5.75 Å². The van der Waals surface area contributed by atoms with Gasteiger partial charge in [0.2, 0.25) is 5.82 Å². The Hall–Kier alpha value is -3.93. The summed E-state index contributed by atoms with van der Waals surface area (Å²) in [6.45, 7) is 2.01. The summed E-state index contributed by atoms with van der Waals surface area (Å²) in [5.41, 5.74) is 3.37. The number of amides is 1. The Bertz CT molecular complexity index is 1150. The van der Waals surface area contributed by atoms with Gasteiger partial charge in [-0.15, -0.1) is 5.10 Å². The van der Waals surface area contributed by atoms with Crippen molar-refractivity contribution >= 4 is 11.6 Å². The van der Waals surface area contributed by atoms with Gasteiger partial charge in [0.25, 0.3) is 5.91 Å². The number of aromatic nitrogens is 3. The van der Waals surface area contributed by atoms with Crippen molar-refractivity contribution in [2.45, 2.75) is 6.92 Å². The zero-order valence-electron chi connectivity index (χ0n) is 16.2. The van der Waals surface area contributed by atoms with Crippen LogP contribution in [0.5, 0.6) is 5.75 Å². The zero-order valence-corrected chi connectivity index (χ0v) is 16.2. The number of carbonyl (C=O) groups is 1. The molecule has 144 valence electrons. The fraction of sp³-hybridized carbons (Fsp3) is 0.0870. The quantitative estimate of drug-likeness (QED) is 0.550. The summed E-state index contributed by atoms with van der Waals surface area (Å²) in [7, 11) is 1.56. The molecule has 6 heteroatoms. The lowest BCUT2D eigenvalue weighted by Crippen LogP contribution is -2.15. The number of para-hydroxylation sites is 2. The van der Waals surface area contributed by atoms with Crippen LogP contribution in [0.4, 0.5) is 5.69 Å². The Morgan fingerprint density at radius 3 is 2.48 bits per heavy atom. The van der Waals surface area contributed by atoms with Crippen LogP contribution in [0.25, 0.3) is 17.1 Å². The number of rotatable bonds is 5. The molecule has 1 N–H and O–H groups in total. The molecule has 4 aromatic rings. The number of aryl methyl sites for hydroxylation is 1. The van der Waals surface area contributed by atoms with E-state index in [9.17, 15) is 4.79 Å². The van der Waals surface area contributed by atoms with Crippen LogP contribution in [-0.4, -0.2) is 27.8 Å². The van der Waals surface area contributed by atoms with Crippen LogP contribution in [0.2, 0.25) is 0 Å². The van der Waals surface area contributed by atoms with Gasteiger partial charge in [-0.05, 0) is 36.8 Å². The summed E-state index contributed by atoms with van der Waals surface area (Å²) in [5.74, 6) is 0.845. The van der Waals surface area contributed by atoms with E-state index in [2.05, 4.69) is 15.4 Å². The van der Waals surface area contributed by atoms with Crippen molar-refractivity contribution in [3.8, 4) is 22.8 Å². The van der Waals surface area contributed by atoms with E-state index in [4.69, 9.17) is 4.74 Å². The molecule has 0 unspecified atom stereocenters. The van der Waals surface area contributed by atoms with Gasteiger partial charge in [0, 0.05) is 5.56 Å². The van der Waals surface area contributed by atoms with E-state index in [-0.39, 0.29) is 5.82 Å². The summed E-state index contributed by atoms with van der Waals surface area (Å²) in [5, 5.41) is 7.33. The predicted octanol–water partition coefficient (Wildman–Crippen LogP) is 4.50. The van der Waals surface area contributed by atoms with E-state index in [1.807, 2.05) is 73.7 Å². The smallest absolute Gasteiger partial charge is 0.295 e. The minimum atomic E-state index is -0.405. The molecule has 0 aliphatic rings. The minimum absolute atomic E-state index is 0.0799. The highest BCUT2D eigenvalue weighted by atomic mass is 16.5. The van der Waals surface area contributed by atoms with Crippen LogP contribution in [0.15, 0.2) is 78.9 Å². The number of benzene rings is 3. The van der Waals surface area contributed by atoms with Crippen molar-refractivity contribution in [2.24, 2.45) is 0 Å². The molecule has 0 aliphatic heterocycles. The first-order chi connectivity index (χ1) is 14.2. The van der Waals surface area contributed by atoms with Gasteiger partial charge in [0.05, 0.1) is 18.5 Å². The Balaban J connectivity index is 1.76. The molecule has 0 spiro atoms. The molecule has 0 radical (unpaired) electrons. The van der Waals surface area contributed by atoms with E-state index in [0.717, 1.165) is 16.8 Å². The molecule has 0 atom stereocenters. The highest BCUT2D eigenvalue weighted by Gasteiger charge is 2.19. The van der Waals surface area contributed by atoms with Crippen LogP contribution < -0.4 is 10.1 Å². The average Bonchev–Trinajstić information content (AvgIpc) is 3.20. The molecule has 4 rings (SSSR count). The summed E-state index contributed by atoms with van der Waals surface area (Å²) in [6.07, 6.45) is 0. The molecule has 0 fully saturated rings. The minimum Gasteiger partial charge on any atom is -0.495 e. The van der Waals surface area contributed by atoms with E-state index >= 15 is 0 Å². The number of hydrogen-bond acceptors (Lipinski definition) is 4. The fourth-order valence-electron chi connectivity index (χ4n) is 3.05. The van der Waals surface area contributed by atoms with E-state index in [1.54, 1.807) is 23.9 Å². The second-order valence-corrected chi connectivity index (χ2v) is 6.53. The van der Waals surface area contributed by atoms with Gasteiger partial charge in [0.15, 0.2) is 5.82 Å². The number of methoxy groups -OCH3 is 1. The van der Waals surface area contributed by atoms with Gasteiger partial charge < -0.3 is 10.1 Å². The summed E-state index contributed by atoms with van der Waals surface area (Å²) in [4.78, 5) is 17.4. The molecule has 1 aromatic heterocycles. The average molecular weight is 384 g/mol. The van der Waals surface area contributed by atoms with Crippen LogP contribution in [0.3, 0.4) is 0 Å². The Morgan fingerprint density at radius 1 is 0.966 bits per heavy atom. The summed E-state index contributed by atoms with van der Waals surface area (Å²) < 4.78 is 7.00. The summed E-state index contributed by atoms with van der Waals surface area (Å²) >= 11 is 0. The number of carbonyl (C=O) groups excluding carboxylic acids is 1. The normalized spacial score (nSPS) is 10.6. The molecule has 1 heterocycles. The maximum atomic E-state index is 12.9. The SMILES string of the molecule is COc1ccccc1NC(=O)c1nc(-c2ccccc2)n(-c2cccc(C)c2)n1. The maximum absolute atomic E-state index is 12.9. The van der Waals surface area contributed by atoms with Gasteiger partial charge in [-0.2, -0.15) is 0 Å². The Morgan fingerprint density at radius 2 is 1.72 bits per heavy atom. The number of hydrogen-bond donors (Lipinski definition) is 1. The number of ether oxygens (including phenoxy) is 1. The second-order valence-electron chi connectivity index (χ2n) is 6.53. The molecule has 0 aliphatic carbocycles. The largest absolute Gasteiger partial charge is 0.495 e. The van der Waals surface area contributed by atoms with Crippen molar-refractivity contribution in [1.29, 1.82) is 0 Å². The van der Waals surface area contributed by atoms with Gasteiger partial charge in [-0.25, -0.2) is 9.67 Å². The predicted molar refractivity (Wildman–Crippen MR) is 112 cm³/mol. The highest BCUT2D eigenvalue weighted by Crippen LogP contribution is 2.25. The van der Waals surface area contributed by atoms with Crippen LogP contribution in [0, 0.1) is 6.92 Å². The molecule has 3 aromatic carbocycles. The molecular formula is C23H20N4O2. The monoisotopic (exact) mass is 384 g/mol. The third-order valence-corrected chi connectivity index (χ3v) is 4.44. The van der Waals surface area contributed by atoms with E-state index in [1.165, 1.54) is 0 Å². The first-order valence-electron chi connectivity index (χ1n) is 9.19. The van der Waals surface area contributed by atoms with Crippen LogP contribution in [-0.2, 0) is 0 Å². The first kappa shape index (κ1) is 18.4. The number of nitrogens with one attached hydrogen (secondary N) is 1. The molecule has 0 saturated carbocycles. The lowest BCUT2D eigenvalue weighted by molar-refractivity contribution is 0.101. The van der Waals surface area contributed by atoms with Gasteiger partial charge >= 0.3 is 0 Å². The van der Waals surface area contributed by atoms with Gasteiger partial charge in [-0.1, -0.05) is 54.6 Å². The highest BCUT2D eigenvalue weighted by molar-refractivity contribution is 6.02. The Labute approximate surface area is 168 Å². The summed E-state index contributed by atoms with van der Waals surface area (Å²) in [6, 6.07) is 24.8. The lowest BCUT2D eigenvalue weighted by Gasteiger charge is -2.08. The number of nitrogens with zero attached hydrogens (tertiary/aromatic N) is 3. The van der Waals surface area contributed by atoms with Gasteiger partial charge in [-0.3, -0.25) is 4.79 Å². The van der Waals surface area contributed by atoms with Crippen molar-refractivity contribution < 1.29 is 9.53 Å². The standard InChI is InChI=1S/C23H20N4O2/c1-16-9-8-12-18(15-16)27-22(17-10-4-3-5-11-17)25-21(26-27)23(28)24-19-13-6-7-14-20(19)29-2/h3-15H,1-2H3,(H,24,28). The van der Waals surface area contributed by atoms with Crippen LogP contribution in [0.1, 0.15) is 16.2 Å². The lowest BCUT2D eigenvalue weighted by atomic mass is 10.2. The topological polar surface area (TPSA) is 69.0 Å². The van der Waals surface area contributed by atoms with E-state index < -0.39 is 5.91 Å². The van der Waals surface area contributed by atoms with Crippen molar-refractivity contribution in [3.05, 3.63) is 90.3 Å². The molecule has 29 heavy (non-hydrogen) atoms. The zero-order chi connectivity index (χ0) is 20.2. The fourth-order valence-corrected chi connectivity index (χ4v) is 3.05. The molecule has 0 saturated heterocycles. The molecule has 1 amide bonds. The first-order valence-corrected chi connectivity index (χ1v) is 9.19. The maximum Gasteiger partial charge on any atom is 0.295 e. The third kappa shape index (κ3) is 3.87. The molecular weight excluding hydrogens is 364 g/mol. The second kappa shape index (κ2) is 7.98. The van der Waals surface area contributed by atoms with Crippen molar-refractivity contribution in [2.75, 3.05) is 12.4 Å². The van der Waals surface area contributed by atoms with E-state index in [0.29, 0.717) is 17.3 Å². The molecule has 6 nitrogen and oxygen atoms in total. The van der Waals surface area contributed by atoms with Crippen LogP contribution >= 0.6 is 0 Å². The third-order valence-electron chi connectivity index (χ3n) is 4.44.